The van der Waals surface area contributed by atoms with Crippen LogP contribution in [0.4, 0.5) is 27.2 Å². The Balaban J connectivity index is 1.82. The summed E-state index contributed by atoms with van der Waals surface area (Å²) < 4.78 is 5.11. The second kappa shape index (κ2) is 7.84. The number of aromatic nitrogens is 1. The molecule has 0 atom stereocenters. The van der Waals surface area contributed by atoms with Crippen LogP contribution in [0.5, 0.6) is 5.75 Å². The molecule has 1 heterocycles. The minimum absolute atomic E-state index is 0.0437. The number of carbonyl (C=O) groups is 2. The van der Waals surface area contributed by atoms with Gasteiger partial charge in [0.05, 0.1) is 18.5 Å². The number of hydrogen-bond acceptors (Lipinski definition) is 8. The molecule has 9 nitrogen and oxygen atoms in total. The van der Waals surface area contributed by atoms with Gasteiger partial charge in [-0.1, -0.05) is 11.3 Å². The maximum atomic E-state index is 12.5. The van der Waals surface area contributed by atoms with Gasteiger partial charge < -0.3 is 32.6 Å². The molecule has 0 saturated carbocycles. The Hall–Kier alpha value is -3.79. The van der Waals surface area contributed by atoms with E-state index in [-0.39, 0.29) is 16.4 Å². The lowest BCUT2D eigenvalue weighted by molar-refractivity contribution is 0.0997. The molecule has 0 aliphatic rings. The van der Waals surface area contributed by atoms with Gasteiger partial charge in [-0.25, -0.2) is 4.98 Å². The lowest BCUT2D eigenvalue weighted by Gasteiger charge is -2.06. The molecule has 1 aromatic heterocycles. The van der Waals surface area contributed by atoms with Gasteiger partial charge in [0.25, 0.3) is 11.8 Å². The normalized spacial score (nSPS) is 10.3. The zero-order valence-electron chi connectivity index (χ0n) is 14.9. The summed E-state index contributed by atoms with van der Waals surface area (Å²) in [4.78, 5) is 28.4. The Kier molecular flexibility index (Phi) is 5.32. The average molecular weight is 398 g/mol. The van der Waals surface area contributed by atoms with Crippen molar-refractivity contribution < 1.29 is 14.3 Å². The SMILES string of the molecule is COc1ccc(Nc2nc(C(N)=O)c(NC(=O)c3ccc(N)c(N)c3)s2)cc1. The first kappa shape index (κ1) is 19.0. The van der Waals surface area contributed by atoms with Crippen LogP contribution in [-0.4, -0.2) is 23.9 Å². The van der Waals surface area contributed by atoms with Crippen LogP contribution in [0.15, 0.2) is 42.5 Å². The van der Waals surface area contributed by atoms with E-state index in [1.54, 1.807) is 31.4 Å². The minimum atomic E-state index is -0.758. The molecule has 8 N–H and O–H groups in total. The molecule has 0 radical (unpaired) electrons. The van der Waals surface area contributed by atoms with Crippen LogP contribution in [0, 0.1) is 0 Å². The first-order valence-electron chi connectivity index (χ1n) is 8.05. The van der Waals surface area contributed by atoms with E-state index in [4.69, 9.17) is 21.9 Å². The topological polar surface area (TPSA) is 158 Å². The molecule has 0 aliphatic heterocycles. The summed E-state index contributed by atoms with van der Waals surface area (Å²) in [7, 11) is 1.58. The summed E-state index contributed by atoms with van der Waals surface area (Å²) in [6, 6.07) is 11.6. The molecular weight excluding hydrogens is 380 g/mol. The number of ether oxygens (including phenoxy) is 1. The first-order valence-corrected chi connectivity index (χ1v) is 8.87. The van der Waals surface area contributed by atoms with Gasteiger partial charge in [0.1, 0.15) is 10.8 Å². The summed E-state index contributed by atoms with van der Waals surface area (Å²) in [5, 5.41) is 6.32. The van der Waals surface area contributed by atoms with E-state index >= 15 is 0 Å². The number of rotatable bonds is 6. The molecule has 2 aromatic carbocycles. The monoisotopic (exact) mass is 398 g/mol. The number of anilines is 5. The highest BCUT2D eigenvalue weighted by atomic mass is 32.1. The Morgan fingerprint density at radius 2 is 1.79 bits per heavy atom. The smallest absolute Gasteiger partial charge is 0.270 e. The number of nitrogens with one attached hydrogen (secondary N) is 2. The molecule has 144 valence electrons. The van der Waals surface area contributed by atoms with E-state index in [1.165, 1.54) is 18.2 Å². The second-order valence-electron chi connectivity index (χ2n) is 5.71. The van der Waals surface area contributed by atoms with Crippen LogP contribution in [-0.2, 0) is 0 Å². The molecule has 10 heteroatoms. The van der Waals surface area contributed by atoms with Crippen LogP contribution < -0.4 is 32.6 Å². The number of methoxy groups -OCH3 is 1. The number of primary amides is 1. The molecular formula is C18H18N6O3S. The molecule has 3 aromatic rings. The molecule has 0 aliphatic carbocycles. The quantitative estimate of drug-likeness (QED) is 0.399. The van der Waals surface area contributed by atoms with Gasteiger partial charge in [-0.15, -0.1) is 0 Å². The van der Waals surface area contributed by atoms with Crippen molar-refractivity contribution in [3.05, 3.63) is 53.7 Å². The van der Waals surface area contributed by atoms with Crippen LogP contribution in [0.2, 0.25) is 0 Å². The molecule has 0 unspecified atom stereocenters. The van der Waals surface area contributed by atoms with Gasteiger partial charge in [-0.2, -0.15) is 0 Å². The number of nitrogen functional groups attached to an aromatic ring is 2. The molecule has 0 saturated heterocycles. The lowest BCUT2D eigenvalue weighted by atomic mass is 10.1. The molecule has 0 bridgehead atoms. The van der Waals surface area contributed by atoms with Crippen LogP contribution in [0.3, 0.4) is 0 Å². The molecule has 0 fully saturated rings. The highest BCUT2D eigenvalue weighted by Crippen LogP contribution is 2.31. The van der Waals surface area contributed by atoms with E-state index in [1.807, 2.05) is 0 Å². The zero-order chi connectivity index (χ0) is 20.3. The predicted molar refractivity (Wildman–Crippen MR) is 110 cm³/mol. The summed E-state index contributed by atoms with van der Waals surface area (Å²) >= 11 is 1.08. The average Bonchev–Trinajstić information content (AvgIpc) is 3.07. The van der Waals surface area contributed by atoms with E-state index in [0.29, 0.717) is 22.1 Å². The summed E-state index contributed by atoms with van der Waals surface area (Å²) in [5.41, 5.74) is 18.4. The van der Waals surface area contributed by atoms with Gasteiger partial charge in [0.2, 0.25) is 0 Å². The summed E-state index contributed by atoms with van der Waals surface area (Å²) in [6.45, 7) is 0. The third-order valence-corrected chi connectivity index (χ3v) is 4.66. The fourth-order valence-corrected chi connectivity index (χ4v) is 3.20. The molecule has 3 rings (SSSR count). The molecule has 0 spiro atoms. The lowest BCUT2D eigenvalue weighted by Crippen LogP contribution is -2.17. The Bertz CT molecular complexity index is 1030. The zero-order valence-corrected chi connectivity index (χ0v) is 15.7. The Labute approximate surface area is 164 Å². The summed E-state index contributed by atoms with van der Waals surface area (Å²) in [5.74, 6) is -0.516. The van der Waals surface area contributed by atoms with Gasteiger partial charge in [-0.05, 0) is 42.5 Å². The van der Waals surface area contributed by atoms with Gasteiger partial charge in [0.15, 0.2) is 10.8 Å². The van der Waals surface area contributed by atoms with Gasteiger partial charge in [0, 0.05) is 11.3 Å². The first-order chi connectivity index (χ1) is 13.4. The van der Waals surface area contributed by atoms with E-state index in [2.05, 4.69) is 15.6 Å². The standard InChI is InChI=1S/C18H18N6O3S/c1-27-11-5-3-10(4-6-11)22-18-23-14(15(21)25)17(28-18)24-16(26)9-2-7-12(19)13(20)8-9/h2-8H,19-20H2,1H3,(H2,21,25)(H,22,23)(H,24,26). The Morgan fingerprint density at radius 1 is 1.07 bits per heavy atom. The van der Waals surface area contributed by atoms with Crippen molar-refractivity contribution in [2.75, 3.05) is 29.2 Å². The summed E-state index contributed by atoms with van der Waals surface area (Å²) in [6.07, 6.45) is 0. The van der Waals surface area contributed by atoms with Crippen LogP contribution >= 0.6 is 11.3 Å². The number of nitrogens with two attached hydrogens (primary N) is 3. The number of thiazole rings is 1. The van der Waals surface area contributed by atoms with Crippen molar-refractivity contribution >= 4 is 50.3 Å². The van der Waals surface area contributed by atoms with E-state index < -0.39 is 11.8 Å². The highest BCUT2D eigenvalue weighted by molar-refractivity contribution is 7.20. The second-order valence-corrected chi connectivity index (χ2v) is 6.71. The van der Waals surface area contributed by atoms with E-state index in [9.17, 15) is 9.59 Å². The molecule has 2 amide bonds. The number of benzene rings is 2. The number of carbonyl (C=O) groups excluding carboxylic acids is 2. The van der Waals surface area contributed by atoms with Crippen molar-refractivity contribution in [1.29, 1.82) is 0 Å². The van der Waals surface area contributed by atoms with Crippen LogP contribution in [0.25, 0.3) is 0 Å². The minimum Gasteiger partial charge on any atom is -0.497 e. The largest absolute Gasteiger partial charge is 0.497 e. The van der Waals surface area contributed by atoms with E-state index in [0.717, 1.165) is 17.0 Å². The number of nitrogens with zero attached hydrogens (tertiary/aromatic N) is 1. The van der Waals surface area contributed by atoms with Crippen LogP contribution in [0.1, 0.15) is 20.8 Å². The van der Waals surface area contributed by atoms with Gasteiger partial charge >= 0.3 is 0 Å². The van der Waals surface area contributed by atoms with Crippen molar-refractivity contribution in [3.8, 4) is 5.75 Å². The fraction of sp³-hybridized carbons (Fsp3) is 0.0556. The maximum Gasteiger partial charge on any atom is 0.270 e. The van der Waals surface area contributed by atoms with Gasteiger partial charge in [-0.3, -0.25) is 9.59 Å². The number of hydrogen-bond donors (Lipinski definition) is 5. The van der Waals surface area contributed by atoms with Crippen molar-refractivity contribution in [2.24, 2.45) is 5.73 Å². The third kappa shape index (κ3) is 4.13. The highest BCUT2D eigenvalue weighted by Gasteiger charge is 2.19. The fourth-order valence-electron chi connectivity index (χ4n) is 2.31. The van der Waals surface area contributed by atoms with Crippen molar-refractivity contribution in [2.45, 2.75) is 0 Å². The third-order valence-electron chi connectivity index (χ3n) is 3.78. The van der Waals surface area contributed by atoms with Crippen molar-refractivity contribution in [3.63, 3.8) is 0 Å². The maximum absolute atomic E-state index is 12.5. The number of amides is 2. The molecule has 28 heavy (non-hydrogen) atoms. The Morgan fingerprint density at radius 3 is 2.39 bits per heavy atom. The predicted octanol–water partition coefficient (Wildman–Crippen LogP) is 2.41. The van der Waals surface area contributed by atoms with Crippen molar-refractivity contribution in [1.82, 2.24) is 4.98 Å².